The van der Waals surface area contributed by atoms with Crippen molar-refractivity contribution in [2.24, 2.45) is 5.92 Å². The molecule has 2 aliphatic heterocycles. The number of aliphatic hydroxyl groups is 1. The summed E-state index contributed by atoms with van der Waals surface area (Å²) in [5.41, 5.74) is 0.835. The monoisotopic (exact) mass is 636 g/mol. The summed E-state index contributed by atoms with van der Waals surface area (Å²) < 4.78 is 43.7. The number of aromatic nitrogens is 5. The number of imidazole rings is 1. The van der Waals surface area contributed by atoms with Gasteiger partial charge in [0.2, 0.25) is 5.91 Å². The first-order valence-corrected chi connectivity index (χ1v) is 14.7. The Labute approximate surface area is 261 Å². The molecule has 1 aromatic carbocycles. The van der Waals surface area contributed by atoms with Gasteiger partial charge in [0.25, 0.3) is 5.91 Å². The normalized spacial score (nSPS) is 18.9. The lowest BCUT2D eigenvalue weighted by Gasteiger charge is -2.38. The van der Waals surface area contributed by atoms with Gasteiger partial charge in [0, 0.05) is 62.6 Å². The molecule has 3 N–H and O–H groups in total. The quantitative estimate of drug-likeness (QED) is 0.289. The van der Waals surface area contributed by atoms with Crippen LogP contribution in [0, 0.1) is 24.2 Å². The number of fused-ring (bicyclic) bond motifs is 1. The third-order valence-corrected chi connectivity index (χ3v) is 8.33. The SMILES string of the molecule is Cc1cc(Nc2nccn3c(-c4cn(CC#N)nc4C(F)(F)F)cnc23)ccc1C(=O)N1CCN(C(=O)[C@H]2CCNC[C@H]2O)CC1. The molecule has 3 aromatic heterocycles. The first kappa shape index (κ1) is 31.0. The predicted molar refractivity (Wildman–Crippen MR) is 159 cm³/mol. The van der Waals surface area contributed by atoms with E-state index >= 15 is 0 Å². The van der Waals surface area contributed by atoms with Gasteiger partial charge >= 0.3 is 6.18 Å². The summed E-state index contributed by atoms with van der Waals surface area (Å²) in [4.78, 5) is 38.4. The van der Waals surface area contributed by atoms with E-state index in [9.17, 15) is 27.9 Å². The van der Waals surface area contributed by atoms with Gasteiger partial charge in [-0.25, -0.2) is 9.97 Å². The number of hydrogen-bond acceptors (Lipinski definition) is 9. The Balaban J connectivity index is 1.16. The molecular weight excluding hydrogens is 605 g/mol. The summed E-state index contributed by atoms with van der Waals surface area (Å²) in [5, 5.41) is 29.0. The number of nitrogens with one attached hydrogen (secondary N) is 2. The summed E-state index contributed by atoms with van der Waals surface area (Å²) in [6.45, 7) is 4.09. The van der Waals surface area contributed by atoms with Crippen LogP contribution in [0.25, 0.3) is 16.9 Å². The summed E-state index contributed by atoms with van der Waals surface area (Å²) in [6, 6.07) is 6.97. The minimum absolute atomic E-state index is 0.0733. The molecule has 0 saturated carbocycles. The molecule has 6 rings (SSSR count). The minimum Gasteiger partial charge on any atom is -0.391 e. The zero-order chi connectivity index (χ0) is 32.6. The van der Waals surface area contributed by atoms with Crippen molar-refractivity contribution in [2.45, 2.75) is 32.2 Å². The number of rotatable bonds is 6. The van der Waals surface area contributed by atoms with Gasteiger partial charge in [-0.05, 0) is 43.7 Å². The van der Waals surface area contributed by atoms with Crippen LogP contribution in [0.4, 0.5) is 24.7 Å². The van der Waals surface area contributed by atoms with Crippen molar-refractivity contribution in [2.75, 3.05) is 44.6 Å². The number of benzene rings is 1. The van der Waals surface area contributed by atoms with Crippen LogP contribution in [0.3, 0.4) is 0 Å². The number of carbonyl (C=O) groups excluding carboxylic acids is 2. The molecule has 2 amide bonds. The highest BCUT2D eigenvalue weighted by Crippen LogP contribution is 2.37. The van der Waals surface area contributed by atoms with E-state index in [2.05, 4.69) is 25.7 Å². The second kappa shape index (κ2) is 12.4. The van der Waals surface area contributed by atoms with E-state index in [0.29, 0.717) is 62.5 Å². The number of halogens is 3. The first-order valence-electron chi connectivity index (χ1n) is 14.7. The molecule has 240 valence electrons. The Kier molecular flexibility index (Phi) is 8.36. The average Bonchev–Trinajstić information content (AvgIpc) is 3.66. The number of alkyl halides is 3. The number of nitrogens with zero attached hydrogens (tertiary/aromatic N) is 8. The third kappa shape index (κ3) is 5.98. The highest BCUT2D eigenvalue weighted by molar-refractivity contribution is 5.96. The minimum atomic E-state index is -4.74. The zero-order valence-corrected chi connectivity index (χ0v) is 24.8. The van der Waals surface area contributed by atoms with Crippen LogP contribution >= 0.6 is 0 Å². The maximum atomic E-state index is 13.8. The average molecular weight is 637 g/mol. The Hall–Kier alpha value is -5.01. The molecule has 2 aliphatic rings. The van der Waals surface area contributed by atoms with Gasteiger partial charge in [0.15, 0.2) is 17.2 Å². The molecule has 0 spiro atoms. The number of anilines is 2. The molecule has 13 nitrogen and oxygen atoms in total. The van der Waals surface area contributed by atoms with Crippen LogP contribution in [-0.4, -0.2) is 96.2 Å². The number of aryl methyl sites for hydroxylation is 1. The maximum absolute atomic E-state index is 13.8. The molecule has 0 radical (unpaired) electrons. The van der Waals surface area contributed by atoms with E-state index in [1.807, 2.05) is 0 Å². The van der Waals surface area contributed by atoms with Crippen LogP contribution in [-0.2, 0) is 17.5 Å². The molecule has 0 unspecified atom stereocenters. The molecule has 2 atom stereocenters. The molecule has 0 bridgehead atoms. The van der Waals surface area contributed by atoms with E-state index in [4.69, 9.17) is 5.26 Å². The van der Waals surface area contributed by atoms with Gasteiger partial charge in [-0.1, -0.05) is 0 Å². The number of aliphatic hydroxyl groups excluding tert-OH is 1. The van der Waals surface area contributed by atoms with E-state index in [0.717, 1.165) is 4.68 Å². The first-order chi connectivity index (χ1) is 22.0. The van der Waals surface area contributed by atoms with Crippen LogP contribution < -0.4 is 10.6 Å². The van der Waals surface area contributed by atoms with Crippen molar-refractivity contribution in [1.29, 1.82) is 5.26 Å². The Morgan fingerprint density at radius 2 is 1.93 bits per heavy atom. The molecule has 0 aliphatic carbocycles. The van der Waals surface area contributed by atoms with Crippen molar-refractivity contribution >= 4 is 29.0 Å². The Morgan fingerprint density at radius 1 is 1.17 bits per heavy atom. The smallest absolute Gasteiger partial charge is 0.391 e. The lowest BCUT2D eigenvalue weighted by Crippen LogP contribution is -2.55. The Morgan fingerprint density at radius 3 is 2.63 bits per heavy atom. The van der Waals surface area contributed by atoms with Crippen molar-refractivity contribution < 1.29 is 27.9 Å². The van der Waals surface area contributed by atoms with Crippen molar-refractivity contribution in [3.63, 3.8) is 0 Å². The second-order valence-electron chi connectivity index (χ2n) is 11.3. The summed E-state index contributed by atoms with van der Waals surface area (Å²) in [7, 11) is 0. The fourth-order valence-electron chi connectivity index (χ4n) is 5.96. The number of carbonyl (C=O) groups is 2. The third-order valence-electron chi connectivity index (χ3n) is 8.33. The molecular formula is C30H31F3N10O3. The highest BCUT2D eigenvalue weighted by atomic mass is 19.4. The fourth-order valence-corrected chi connectivity index (χ4v) is 5.96. The largest absolute Gasteiger partial charge is 0.435 e. The van der Waals surface area contributed by atoms with Crippen molar-refractivity contribution in [3.8, 4) is 17.3 Å². The standard InChI is InChI=1S/C30H31F3N10O3/c1-18-14-19(2-3-20(18)28(45)40-10-12-41(13-11-40)29(46)21-4-6-35-16-24(21)44)38-26-27-37-15-23(43(27)9-7-36-26)22-17-42(8-5-34)39-25(22)30(31,32)33/h2-3,7,9,14-15,17,21,24,35,44H,4,6,8,10-13,16H2,1H3,(H,36,38)/t21-,24+/m0/s1. The number of piperidine rings is 1. The number of hydrogen-bond donors (Lipinski definition) is 3. The second-order valence-corrected chi connectivity index (χ2v) is 11.3. The van der Waals surface area contributed by atoms with Gasteiger partial charge in [-0.3, -0.25) is 18.7 Å². The summed E-state index contributed by atoms with van der Waals surface area (Å²) in [5.74, 6) is -0.375. The van der Waals surface area contributed by atoms with Crippen LogP contribution in [0.1, 0.15) is 28.0 Å². The number of nitriles is 1. The highest BCUT2D eigenvalue weighted by Gasteiger charge is 2.38. The molecule has 4 aromatic rings. The lowest BCUT2D eigenvalue weighted by atomic mass is 9.93. The lowest BCUT2D eigenvalue weighted by molar-refractivity contribution is -0.142. The molecule has 5 heterocycles. The van der Waals surface area contributed by atoms with E-state index in [1.165, 1.54) is 29.2 Å². The van der Waals surface area contributed by atoms with Crippen molar-refractivity contribution in [1.82, 2.24) is 39.3 Å². The van der Waals surface area contributed by atoms with Gasteiger partial charge in [0.1, 0.15) is 6.54 Å². The van der Waals surface area contributed by atoms with Gasteiger partial charge in [0.05, 0.1) is 35.5 Å². The summed E-state index contributed by atoms with van der Waals surface area (Å²) >= 11 is 0. The predicted octanol–water partition coefficient (Wildman–Crippen LogP) is 2.44. The molecule has 2 fully saturated rings. The van der Waals surface area contributed by atoms with Gasteiger partial charge in [-0.15, -0.1) is 0 Å². The molecule has 46 heavy (non-hydrogen) atoms. The molecule has 2 saturated heterocycles. The van der Waals surface area contributed by atoms with Gasteiger partial charge < -0.3 is 25.5 Å². The fraction of sp³-hybridized carbons (Fsp3) is 0.400. The van der Waals surface area contributed by atoms with Crippen LogP contribution in [0.2, 0.25) is 0 Å². The maximum Gasteiger partial charge on any atom is 0.435 e. The number of β-amino-alcohol motifs (C(OH)–C–C–N with tert-alkyl or cyclic N) is 1. The van der Waals surface area contributed by atoms with Crippen LogP contribution in [0.15, 0.2) is 43.0 Å². The zero-order valence-electron chi connectivity index (χ0n) is 24.8. The number of amides is 2. The van der Waals surface area contributed by atoms with Crippen molar-refractivity contribution in [3.05, 3.63) is 59.8 Å². The van der Waals surface area contributed by atoms with E-state index in [-0.39, 0.29) is 41.1 Å². The van der Waals surface area contributed by atoms with E-state index in [1.54, 1.807) is 41.0 Å². The van der Waals surface area contributed by atoms with Gasteiger partial charge in [-0.2, -0.15) is 23.5 Å². The number of piperazine rings is 1. The summed E-state index contributed by atoms with van der Waals surface area (Å²) in [6.07, 6.45) is 0.494. The topological polar surface area (TPSA) is 157 Å². The van der Waals surface area contributed by atoms with E-state index < -0.39 is 23.9 Å². The molecule has 16 heteroatoms. The van der Waals surface area contributed by atoms with Crippen LogP contribution in [0.5, 0.6) is 0 Å². The Bertz CT molecular complexity index is 1820.